The van der Waals surface area contributed by atoms with Crippen molar-refractivity contribution in [3.05, 3.63) is 72.3 Å². The predicted octanol–water partition coefficient (Wildman–Crippen LogP) is 3.59. The third kappa shape index (κ3) is 3.03. The molecule has 1 aromatic carbocycles. The Morgan fingerprint density at radius 2 is 2.04 bits per heavy atom. The first-order valence-electron chi connectivity index (χ1n) is 7.53. The van der Waals surface area contributed by atoms with Crippen LogP contribution in [0.15, 0.2) is 61.2 Å². The lowest BCUT2D eigenvalue weighted by Crippen LogP contribution is -2.06. The van der Waals surface area contributed by atoms with Crippen LogP contribution in [-0.4, -0.2) is 22.1 Å². The van der Waals surface area contributed by atoms with Gasteiger partial charge in [-0.15, -0.1) is 0 Å². The van der Waals surface area contributed by atoms with Gasteiger partial charge in [0.05, 0.1) is 29.6 Å². The Morgan fingerprint density at radius 3 is 2.75 bits per heavy atom. The maximum atomic E-state index is 11.9. The number of rotatable bonds is 4. The molecule has 3 rings (SSSR count). The molecule has 2 aromatic heterocycles. The third-order valence-corrected chi connectivity index (χ3v) is 3.56. The molecule has 0 radical (unpaired) electrons. The maximum Gasteiger partial charge on any atom is 0.339 e. The maximum absolute atomic E-state index is 11.9. The normalized spacial score (nSPS) is 10.2. The molecule has 0 N–H and O–H groups in total. The van der Waals surface area contributed by atoms with Gasteiger partial charge in [-0.1, -0.05) is 30.3 Å². The standard InChI is InChI=1S/C19H15N3O2/c1-2-24-19(23)15-8-17(11-21-10-15)22-12-16(9-20)18(13-22)14-6-4-3-5-7-14/h3-8,10-13H,2H2,1H3. The zero-order valence-electron chi connectivity index (χ0n) is 13.1. The first kappa shape index (κ1) is 15.5. The van der Waals surface area contributed by atoms with E-state index in [9.17, 15) is 10.1 Å². The zero-order chi connectivity index (χ0) is 16.9. The second kappa shape index (κ2) is 6.80. The number of carbonyl (C=O) groups is 1. The molecule has 0 atom stereocenters. The molecule has 0 spiro atoms. The van der Waals surface area contributed by atoms with Crippen LogP contribution >= 0.6 is 0 Å². The molecule has 2 heterocycles. The van der Waals surface area contributed by atoms with Gasteiger partial charge in [-0.2, -0.15) is 5.26 Å². The molecule has 5 nitrogen and oxygen atoms in total. The van der Waals surface area contributed by atoms with E-state index in [1.54, 1.807) is 30.0 Å². The Kier molecular flexibility index (Phi) is 4.39. The van der Waals surface area contributed by atoms with Crippen molar-refractivity contribution in [3.8, 4) is 22.9 Å². The van der Waals surface area contributed by atoms with E-state index in [1.165, 1.54) is 6.20 Å². The van der Waals surface area contributed by atoms with Gasteiger partial charge < -0.3 is 9.30 Å². The van der Waals surface area contributed by atoms with Crippen LogP contribution in [0.4, 0.5) is 0 Å². The van der Waals surface area contributed by atoms with Crippen LogP contribution in [0, 0.1) is 11.3 Å². The summed E-state index contributed by atoms with van der Waals surface area (Å²) in [6, 6.07) is 13.6. The number of pyridine rings is 1. The summed E-state index contributed by atoms with van der Waals surface area (Å²) in [6.07, 6.45) is 6.70. The van der Waals surface area contributed by atoms with Gasteiger partial charge in [0, 0.05) is 24.2 Å². The van der Waals surface area contributed by atoms with Crippen molar-refractivity contribution >= 4 is 5.97 Å². The van der Waals surface area contributed by atoms with Gasteiger partial charge in [0.1, 0.15) is 6.07 Å². The topological polar surface area (TPSA) is 67.9 Å². The first-order valence-corrected chi connectivity index (χ1v) is 7.53. The molecule has 0 unspecified atom stereocenters. The highest BCUT2D eigenvalue weighted by molar-refractivity contribution is 5.89. The van der Waals surface area contributed by atoms with Crippen LogP contribution in [0.1, 0.15) is 22.8 Å². The van der Waals surface area contributed by atoms with Crippen LogP contribution in [0.3, 0.4) is 0 Å². The molecule has 0 fully saturated rings. The summed E-state index contributed by atoms with van der Waals surface area (Å²) in [6.45, 7) is 2.07. The molecular weight excluding hydrogens is 302 g/mol. The summed E-state index contributed by atoms with van der Waals surface area (Å²) in [7, 11) is 0. The molecule has 0 aliphatic rings. The lowest BCUT2D eigenvalue weighted by molar-refractivity contribution is 0.0526. The van der Waals surface area contributed by atoms with Crippen molar-refractivity contribution in [3.63, 3.8) is 0 Å². The van der Waals surface area contributed by atoms with Crippen molar-refractivity contribution in [1.82, 2.24) is 9.55 Å². The lowest BCUT2D eigenvalue weighted by Gasteiger charge is -2.05. The van der Waals surface area contributed by atoms with E-state index in [0.29, 0.717) is 23.4 Å². The first-order chi connectivity index (χ1) is 11.7. The average molecular weight is 317 g/mol. The van der Waals surface area contributed by atoms with E-state index in [0.717, 1.165) is 11.1 Å². The van der Waals surface area contributed by atoms with Gasteiger partial charge in [-0.05, 0) is 18.6 Å². The summed E-state index contributed by atoms with van der Waals surface area (Å²) in [5, 5.41) is 9.40. The Balaban J connectivity index is 2.02. The molecule has 0 amide bonds. The van der Waals surface area contributed by atoms with E-state index < -0.39 is 5.97 Å². The van der Waals surface area contributed by atoms with Crippen molar-refractivity contribution in [2.75, 3.05) is 6.61 Å². The summed E-state index contributed by atoms with van der Waals surface area (Å²) < 4.78 is 6.79. The van der Waals surface area contributed by atoms with E-state index in [-0.39, 0.29) is 0 Å². The zero-order valence-corrected chi connectivity index (χ0v) is 13.1. The molecule has 0 aliphatic heterocycles. The highest BCUT2D eigenvalue weighted by atomic mass is 16.5. The Hall–Kier alpha value is -3.39. The smallest absolute Gasteiger partial charge is 0.339 e. The Labute approximate surface area is 139 Å². The molecule has 118 valence electrons. The van der Waals surface area contributed by atoms with E-state index in [4.69, 9.17) is 4.74 Å². The van der Waals surface area contributed by atoms with Gasteiger partial charge in [0.25, 0.3) is 0 Å². The molecule has 0 saturated heterocycles. The highest BCUT2D eigenvalue weighted by Crippen LogP contribution is 2.26. The Bertz CT molecular complexity index is 908. The largest absolute Gasteiger partial charge is 0.462 e. The second-order valence-corrected chi connectivity index (χ2v) is 5.12. The SMILES string of the molecule is CCOC(=O)c1cncc(-n2cc(C#N)c(-c3ccccc3)c2)c1. The van der Waals surface area contributed by atoms with Crippen molar-refractivity contribution < 1.29 is 9.53 Å². The van der Waals surface area contributed by atoms with Gasteiger partial charge in [-0.25, -0.2) is 4.79 Å². The molecule has 3 aromatic rings. The number of nitriles is 1. The molecule has 0 bridgehead atoms. The van der Waals surface area contributed by atoms with Crippen molar-refractivity contribution in [1.29, 1.82) is 5.26 Å². The van der Waals surface area contributed by atoms with Crippen LogP contribution < -0.4 is 0 Å². The monoisotopic (exact) mass is 317 g/mol. The van der Waals surface area contributed by atoms with E-state index in [2.05, 4.69) is 11.1 Å². The lowest BCUT2D eigenvalue weighted by atomic mass is 10.1. The number of nitrogens with zero attached hydrogens (tertiary/aromatic N) is 3. The van der Waals surface area contributed by atoms with Gasteiger partial charge in [0.2, 0.25) is 0 Å². The van der Waals surface area contributed by atoms with Crippen LogP contribution in [0.25, 0.3) is 16.8 Å². The number of benzene rings is 1. The minimum absolute atomic E-state index is 0.309. The molecule has 24 heavy (non-hydrogen) atoms. The van der Waals surface area contributed by atoms with Crippen molar-refractivity contribution in [2.24, 2.45) is 0 Å². The number of hydrogen-bond donors (Lipinski definition) is 0. The highest BCUT2D eigenvalue weighted by Gasteiger charge is 2.12. The summed E-state index contributed by atoms with van der Waals surface area (Å²) >= 11 is 0. The molecule has 0 aliphatic carbocycles. The summed E-state index contributed by atoms with van der Waals surface area (Å²) in [5.74, 6) is -0.414. The third-order valence-electron chi connectivity index (χ3n) is 3.56. The summed E-state index contributed by atoms with van der Waals surface area (Å²) in [4.78, 5) is 16.0. The fraction of sp³-hybridized carbons (Fsp3) is 0.105. The van der Waals surface area contributed by atoms with E-state index >= 15 is 0 Å². The minimum atomic E-state index is -0.414. The van der Waals surface area contributed by atoms with Crippen LogP contribution in [0.5, 0.6) is 0 Å². The average Bonchev–Trinajstić information content (AvgIpc) is 3.07. The molecule has 5 heteroatoms. The predicted molar refractivity (Wildman–Crippen MR) is 89.7 cm³/mol. The van der Waals surface area contributed by atoms with Crippen LogP contribution in [-0.2, 0) is 4.74 Å². The minimum Gasteiger partial charge on any atom is -0.462 e. The van der Waals surface area contributed by atoms with Gasteiger partial charge >= 0.3 is 5.97 Å². The molecule has 0 saturated carbocycles. The van der Waals surface area contributed by atoms with Crippen LogP contribution in [0.2, 0.25) is 0 Å². The number of hydrogen-bond acceptors (Lipinski definition) is 4. The quantitative estimate of drug-likeness (QED) is 0.690. The number of ether oxygens (including phenoxy) is 1. The number of esters is 1. The number of aromatic nitrogens is 2. The fourth-order valence-electron chi connectivity index (χ4n) is 2.44. The summed E-state index contributed by atoms with van der Waals surface area (Å²) in [5.41, 5.74) is 3.42. The molecular formula is C19H15N3O2. The second-order valence-electron chi connectivity index (χ2n) is 5.12. The van der Waals surface area contributed by atoms with Gasteiger partial charge in [-0.3, -0.25) is 4.98 Å². The van der Waals surface area contributed by atoms with E-state index in [1.807, 2.05) is 36.5 Å². The number of carbonyl (C=O) groups excluding carboxylic acids is 1. The van der Waals surface area contributed by atoms with Crippen molar-refractivity contribution in [2.45, 2.75) is 6.92 Å². The fourth-order valence-corrected chi connectivity index (χ4v) is 2.44. The Morgan fingerprint density at radius 1 is 1.25 bits per heavy atom. The van der Waals surface area contributed by atoms with Gasteiger partial charge in [0.15, 0.2) is 0 Å².